The van der Waals surface area contributed by atoms with Crippen molar-refractivity contribution in [1.82, 2.24) is 5.32 Å². The zero-order valence-corrected chi connectivity index (χ0v) is 12.9. The van der Waals surface area contributed by atoms with Crippen LogP contribution in [0.5, 0.6) is 0 Å². The summed E-state index contributed by atoms with van der Waals surface area (Å²) in [7, 11) is 0. The fourth-order valence-electron chi connectivity index (χ4n) is 2.58. The van der Waals surface area contributed by atoms with Gasteiger partial charge in [0.2, 0.25) is 0 Å². The zero-order chi connectivity index (χ0) is 14.6. The van der Waals surface area contributed by atoms with E-state index < -0.39 is 0 Å². The molecule has 2 rings (SSSR count). The summed E-state index contributed by atoms with van der Waals surface area (Å²) in [4.78, 5) is 0. The fourth-order valence-corrected chi connectivity index (χ4v) is 2.58. The Balaban J connectivity index is 1.40. The Labute approximate surface area is 129 Å². The van der Waals surface area contributed by atoms with Crippen molar-refractivity contribution in [2.75, 3.05) is 13.1 Å². The first-order chi connectivity index (χ1) is 10.4. The Morgan fingerprint density at radius 1 is 0.524 bits per heavy atom. The molecular weight excluding hydrogens is 254 g/mol. The van der Waals surface area contributed by atoms with E-state index >= 15 is 0 Å². The van der Waals surface area contributed by atoms with E-state index in [9.17, 15) is 0 Å². The number of unbranched alkanes of at least 4 members (excludes halogenated alkanes) is 3. The first-order valence-corrected chi connectivity index (χ1v) is 8.24. The number of benzene rings is 2. The van der Waals surface area contributed by atoms with Gasteiger partial charge in [-0.05, 0) is 49.9 Å². The summed E-state index contributed by atoms with van der Waals surface area (Å²) >= 11 is 0. The standard InChI is InChI=1S/C20H27N/c1(5-11-19-12-6-3-7-13-19)2-10-17-21-18-16-20-14-8-4-9-15-20/h3-4,6-9,12-15,21H,1-2,5,10-11,16-18H2. The second-order valence-electron chi connectivity index (χ2n) is 5.64. The lowest BCUT2D eigenvalue weighted by atomic mass is 10.1. The van der Waals surface area contributed by atoms with Crippen LogP contribution in [0.2, 0.25) is 0 Å². The summed E-state index contributed by atoms with van der Waals surface area (Å²) in [6.45, 7) is 2.24. The summed E-state index contributed by atoms with van der Waals surface area (Å²) in [5, 5.41) is 3.54. The van der Waals surface area contributed by atoms with Gasteiger partial charge in [-0.25, -0.2) is 0 Å². The maximum absolute atomic E-state index is 3.54. The lowest BCUT2D eigenvalue weighted by Gasteiger charge is -2.05. The maximum atomic E-state index is 3.54. The molecule has 0 atom stereocenters. The third kappa shape index (κ3) is 7.10. The van der Waals surface area contributed by atoms with E-state index in [1.54, 1.807) is 0 Å². The number of aryl methyl sites for hydroxylation is 1. The molecule has 0 aliphatic carbocycles. The number of rotatable bonds is 10. The van der Waals surface area contributed by atoms with Crippen LogP contribution >= 0.6 is 0 Å². The summed E-state index contributed by atoms with van der Waals surface area (Å²) in [5.41, 5.74) is 2.89. The Morgan fingerprint density at radius 2 is 1.10 bits per heavy atom. The minimum Gasteiger partial charge on any atom is -0.316 e. The molecule has 0 fully saturated rings. The molecule has 112 valence electrons. The minimum absolute atomic E-state index is 1.09. The first-order valence-electron chi connectivity index (χ1n) is 8.24. The molecule has 0 heterocycles. The molecule has 1 heteroatoms. The Morgan fingerprint density at radius 3 is 1.76 bits per heavy atom. The minimum atomic E-state index is 1.09. The van der Waals surface area contributed by atoms with Crippen LogP contribution in [0.3, 0.4) is 0 Å². The molecule has 1 N–H and O–H groups in total. The molecule has 1 nitrogen and oxygen atoms in total. The van der Waals surface area contributed by atoms with Crippen molar-refractivity contribution in [2.45, 2.75) is 38.5 Å². The van der Waals surface area contributed by atoms with Crippen molar-refractivity contribution >= 4 is 0 Å². The monoisotopic (exact) mass is 281 g/mol. The molecule has 0 spiro atoms. The van der Waals surface area contributed by atoms with Crippen LogP contribution in [-0.4, -0.2) is 13.1 Å². The molecule has 2 aromatic carbocycles. The van der Waals surface area contributed by atoms with E-state index in [-0.39, 0.29) is 0 Å². The van der Waals surface area contributed by atoms with E-state index in [1.165, 1.54) is 43.2 Å². The van der Waals surface area contributed by atoms with E-state index in [1.807, 2.05) is 0 Å². The third-order valence-corrected chi connectivity index (χ3v) is 3.85. The smallest absolute Gasteiger partial charge is 0.000835 e. The highest BCUT2D eigenvalue weighted by Crippen LogP contribution is 2.07. The van der Waals surface area contributed by atoms with Crippen molar-refractivity contribution in [2.24, 2.45) is 0 Å². The van der Waals surface area contributed by atoms with Gasteiger partial charge in [-0.3, -0.25) is 0 Å². The third-order valence-electron chi connectivity index (χ3n) is 3.85. The van der Waals surface area contributed by atoms with Crippen LogP contribution < -0.4 is 5.32 Å². The fraction of sp³-hybridized carbons (Fsp3) is 0.400. The number of nitrogens with one attached hydrogen (secondary N) is 1. The maximum Gasteiger partial charge on any atom is -0.000835 e. The molecule has 0 radical (unpaired) electrons. The number of hydrogen-bond donors (Lipinski definition) is 1. The SMILES string of the molecule is c1ccc(CCCCCCNCCc2ccccc2)cc1. The van der Waals surface area contributed by atoms with Crippen LogP contribution in [0.15, 0.2) is 60.7 Å². The van der Waals surface area contributed by atoms with Gasteiger partial charge in [0.1, 0.15) is 0 Å². The summed E-state index contributed by atoms with van der Waals surface area (Å²) in [6, 6.07) is 21.5. The van der Waals surface area contributed by atoms with E-state index in [2.05, 4.69) is 66.0 Å². The molecule has 0 bridgehead atoms. The van der Waals surface area contributed by atoms with Crippen LogP contribution in [-0.2, 0) is 12.8 Å². The van der Waals surface area contributed by atoms with Gasteiger partial charge in [0.25, 0.3) is 0 Å². The molecule has 0 amide bonds. The predicted octanol–water partition coefficient (Wildman–Crippen LogP) is 4.62. The topological polar surface area (TPSA) is 12.0 Å². The van der Waals surface area contributed by atoms with Gasteiger partial charge in [-0.2, -0.15) is 0 Å². The summed E-state index contributed by atoms with van der Waals surface area (Å²) < 4.78 is 0. The average Bonchev–Trinajstić information content (AvgIpc) is 2.55. The normalized spacial score (nSPS) is 10.7. The molecule has 0 saturated carbocycles. The second-order valence-corrected chi connectivity index (χ2v) is 5.64. The molecule has 21 heavy (non-hydrogen) atoms. The highest BCUT2D eigenvalue weighted by molar-refractivity contribution is 5.15. The Hall–Kier alpha value is -1.60. The van der Waals surface area contributed by atoms with Gasteiger partial charge >= 0.3 is 0 Å². The van der Waals surface area contributed by atoms with Gasteiger partial charge in [0.15, 0.2) is 0 Å². The summed E-state index contributed by atoms with van der Waals surface area (Å²) in [5.74, 6) is 0. The van der Waals surface area contributed by atoms with Gasteiger partial charge in [0.05, 0.1) is 0 Å². The quantitative estimate of drug-likeness (QED) is 0.626. The predicted molar refractivity (Wildman–Crippen MR) is 91.6 cm³/mol. The molecule has 0 aromatic heterocycles. The van der Waals surface area contributed by atoms with Crippen LogP contribution in [0.1, 0.15) is 36.8 Å². The van der Waals surface area contributed by atoms with Crippen LogP contribution in [0, 0.1) is 0 Å². The van der Waals surface area contributed by atoms with Crippen LogP contribution in [0.25, 0.3) is 0 Å². The average molecular weight is 281 g/mol. The lowest BCUT2D eigenvalue weighted by molar-refractivity contribution is 0.588. The van der Waals surface area contributed by atoms with Crippen molar-refractivity contribution in [3.63, 3.8) is 0 Å². The van der Waals surface area contributed by atoms with Gasteiger partial charge < -0.3 is 5.32 Å². The molecule has 2 aromatic rings. The van der Waals surface area contributed by atoms with Crippen molar-refractivity contribution in [3.8, 4) is 0 Å². The highest BCUT2D eigenvalue weighted by atomic mass is 14.8. The molecular formula is C20H27N. The van der Waals surface area contributed by atoms with Gasteiger partial charge in [-0.1, -0.05) is 73.5 Å². The van der Waals surface area contributed by atoms with E-state index in [4.69, 9.17) is 0 Å². The van der Waals surface area contributed by atoms with E-state index in [0.717, 1.165) is 19.5 Å². The largest absolute Gasteiger partial charge is 0.316 e. The molecule has 0 aliphatic rings. The zero-order valence-electron chi connectivity index (χ0n) is 12.9. The summed E-state index contributed by atoms with van der Waals surface area (Å²) in [6.07, 6.45) is 7.65. The van der Waals surface area contributed by atoms with Crippen molar-refractivity contribution < 1.29 is 0 Å². The molecule has 0 saturated heterocycles. The van der Waals surface area contributed by atoms with Gasteiger partial charge in [0, 0.05) is 0 Å². The van der Waals surface area contributed by atoms with Crippen molar-refractivity contribution in [1.29, 1.82) is 0 Å². The number of hydrogen-bond acceptors (Lipinski definition) is 1. The van der Waals surface area contributed by atoms with E-state index in [0.29, 0.717) is 0 Å². The molecule has 0 unspecified atom stereocenters. The van der Waals surface area contributed by atoms with Crippen LogP contribution in [0.4, 0.5) is 0 Å². The lowest BCUT2D eigenvalue weighted by Crippen LogP contribution is -2.18. The highest BCUT2D eigenvalue weighted by Gasteiger charge is 1.94. The Bertz CT molecular complexity index is 418. The van der Waals surface area contributed by atoms with Gasteiger partial charge in [-0.15, -0.1) is 0 Å². The van der Waals surface area contributed by atoms with Crippen molar-refractivity contribution in [3.05, 3.63) is 71.8 Å². The second kappa shape index (κ2) is 10.2. The Kier molecular flexibility index (Phi) is 7.65. The first kappa shape index (κ1) is 15.8. The molecule has 0 aliphatic heterocycles.